The van der Waals surface area contributed by atoms with Crippen molar-refractivity contribution in [3.8, 4) is 33.8 Å². The number of para-hydroxylation sites is 2. The second-order valence-corrected chi connectivity index (χ2v) is 12.7. The highest BCUT2D eigenvalue weighted by Gasteiger charge is 2.28. The van der Waals surface area contributed by atoms with Gasteiger partial charge in [0.1, 0.15) is 22.3 Å². The molecule has 228 valence electrons. The fraction of sp³-hybridized carbons (Fsp3) is 0.0455. The van der Waals surface area contributed by atoms with Crippen molar-refractivity contribution >= 4 is 60.9 Å². The monoisotopic (exact) mass is 619 g/mol. The first-order valence-corrected chi connectivity index (χ1v) is 16.2. The lowest BCUT2D eigenvalue weighted by atomic mass is 9.99. The number of benzene rings is 7. The summed E-state index contributed by atoms with van der Waals surface area (Å²) in [6, 6.07) is 48.8. The van der Waals surface area contributed by atoms with Gasteiger partial charge >= 0.3 is 0 Å². The van der Waals surface area contributed by atoms with E-state index in [1.807, 2.05) is 36.4 Å². The van der Waals surface area contributed by atoms with Crippen LogP contribution >= 0.6 is 0 Å². The third-order valence-corrected chi connectivity index (χ3v) is 9.64. The van der Waals surface area contributed by atoms with E-state index in [2.05, 4.69) is 122 Å². The van der Waals surface area contributed by atoms with E-state index in [0.717, 1.165) is 94.7 Å². The fourth-order valence-corrected chi connectivity index (χ4v) is 7.30. The van der Waals surface area contributed by atoms with Crippen LogP contribution in [0, 0.1) is 13.8 Å². The van der Waals surface area contributed by atoms with E-state index in [9.17, 15) is 0 Å². The summed E-state index contributed by atoms with van der Waals surface area (Å²) in [6.07, 6.45) is 0. The van der Waals surface area contributed by atoms with E-state index in [1.54, 1.807) is 0 Å². The second-order valence-electron chi connectivity index (χ2n) is 12.7. The molecule has 10 rings (SSSR count). The molecule has 0 bridgehead atoms. The SMILES string of the molecule is Cc1ccc(N2c3ccc(-c4ccc5c(c4)oc4ccccc45)cc3Oc3cc(-c4ccc5c(c4)oc4ccccc45)ccc32)c(C)c1. The molecule has 0 aliphatic carbocycles. The molecule has 0 N–H and O–H groups in total. The average molecular weight is 620 g/mol. The van der Waals surface area contributed by atoms with E-state index in [-0.39, 0.29) is 0 Å². The van der Waals surface area contributed by atoms with Gasteiger partial charge in [0.05, 0.1) is 11.4 Å². The van der Waals surface area contributed by atoms with Crippen molar-refractivity contribution in [1.29, 1.82) is 0 Å². The molecular weight excluding hydrogens is 590 g/mol. The Balaban J connectivity index is 1.10. The number of hydrogen-bond acceptors (Lipinski definition) is 4. The molecule has 0 fully saturated rings. The molecule has 1 aliphatic rings. The number of anilines is 3. The maximum Gasteiger partial charge on any atom is 0.152 e. The van der Waals surface area contributed by atoms with E-state index < -0.39 is 0 Å². The molecule has 3 heterocycles. The van der Waals surface area contributed by atoms with Crippen LogP contribution in [0.15, 0.2) is 148 Å². The summed E-state index contributed by atoms with van der Waals surface area (Å²) in [5.41, 5.74) is 13.4. The zero-order chi connectivity index (χ0) is 31.9. The van der Waals surface area contributed by atoms with Gasteiger partial charge < -0.3 is 18.5 Å². The maximum atomic E-state index is 6.80. The quantitative estimate of drug-likeness (QED) is 0.197. The standard InChI is InChI=1S/C44H29NO3/c1-26-11-18-36(27(2)21-26)45-37-19-14-30(28-12-16-34-32-7-3-5-9-39(32)46-41(34)22-28)24-43(37)48-44-25-31(15-20-38(44)45)29-13-17-35-33-8-4-6-10-40(33)47-42(35)23-29/h3-25H,1-2H3. The Bertz CT molecular complexity index is 2580. The molecule has 4 nitrogen and oxygen atoms in total. The molecule has 0 saturated heterocycles. The van der Waals surface area contributed by atoms with Crippen LogP contribution in [-0.4, -0.2) is 0 Å². The summed E-state index contributed by atoms with van der Waals surface area (Å²) in [6.45, 7) is 4.30. The lowest BCUT2D eigenvalue weighted by molar-refractivity contribution is 0.477. The van der Waals surface area contributed by atoms with Crippen molar-refractivity contribution in [2.75, 3.05) is 4.90 Å². The third kappa shape index (κ3) is 4.09. The topological polar surface area (TPSA) is 38.8 Å². The van der Waals surface area contributed by atoms with E-state index in [0.29, 0.717) is 0 Å². The van der Waals surface area contributed by atoms with Gasteiger partial charge in [0.25, 0.3) is 0 Å². The maximum absolute atomic E-state index is 6.80. The number of rotatable bonds is 3. The molecule has 1 aliphatic heterocycles. The smallest absolute Gasteiger partial charge is 0.152 e. The molecule has 0 amide bonds. The predicted molar refractivity (Wildman–Crippen MR) is 196 cm³/mol. The minimum Gasteiger partial charge on any atom is -0.456 e. The van der Waals surface area contributed by atoms with Crippen molar-refractivity contribution in [1.82, 2.24) is 0 Å². The van der Waals surface area contributed by atoms with Crippen LogP contribution in [0.5, 0.6) is 11.5 Å². The van der Waals surface area contributed by atoms with Crippen LogP contribution in [0.2, 0.25) is 0 Å². The molecule has 7 aromatic carbocycles. The molecule has 0 spiro atoms. The minimum absolute atomic E-state index is 0.801. The van der Waals surface area contributed by atoms with Gasteiger partial charge in [0.15, 0.2) is 11.5 Å². The number of aryl methyl sites for hydroxylation is 2. The second kappa shape index (κ2) is 10.1. The van der Waals surface area contributed by atoms with Crippen LogP contribution in [-0.2, 0) is 0 Å². The molecule has 0 saturated carbocycles. The zero-order valence-corrected chi connectivity index (χ0v) is 26.5. The van der Waals surface area contributed by atoms with Crippen molar-refractivity contribution in [2.24, 2.45) is 0 Å². The molecule has 48 heavy (non-hydrogen) atoms. The number of fused-ring (bicyclic) bond motifs is 8. The molecule has 0 atom stereocenters. The van der Waals surface area contributed by atoms with Crippen LogP contribution in [0.25, 0.3) is 66.1 Å². The average Bonchev–Trinajstić information content (AvgIpc) is 3.68. The Morgan fingerprint density at radius 3 is 1.40 bits per heavy atom. The van der Waals surface area contributed by atoms with Gasteiger partial charge in [-0.05, 0) is 108 Å². The number of nitrogens with zero attached hydrogens (tertiary/aromatic N) is 1. The Morgan fingerprint density at radius 2 is 0.854 bits per heavy atom. The molecule has 0 unspecified atom stereocenters. The minimum atomic E-state index is 0.801. The van der Waals surface area contributed by atoms with Crippen molar-refractivity contribution in [3.05, 3.63) is 151 Å². The Morgan fingerprint density at radius 1 is 0.396 bits per heavy atom. The van der Waals surface area contributed by atoms with Crippen molar-refractivity contribution in [2.45, 2.75) is 13.8 Å². The number of furan rings is 2. The predicted octanol–water partition coefficient (Wildman–Crippen LogP) is 13.0. The van der Waals surface area contributed by atoms with Crippen LogP contribution in [0.1, 0.15) is 11.1 Å². The van der Waals surface area contributed by atoms with Gasteiger partial charge in [-0.3, -0.25) is 0 Å². The van der Waals surface area contributed by atoms with E-state index in [4.69, 9.17) is 13.6 Å². The van der Waals surface area contributed by atoms with Gasteiger partial charge in [0.2, 0.25) is 0 Å². The van der Waals surface area contributed by atoms with Crippen LogP contribution in [0.4, 0.5) is 17.1 Å². The Hall–Kier alpha value is -6.26. The zero-order valence-electron chi connectivity index (χ0n) is 26.5. The summed E-state index contributed by atoms with van der Waals surface area (Å²) in [7, 11) is 0. The Labute approximate surface area is 277 Å². The fourth-order valence-electron chi connectivity index (χ4n) is 7.30. The molecule has 4 heteroatoms. The van der Waals surface area contributed by atoms with Gasteiger partial charge in [-0.2, -0.15) is 0 Å². The molecule has 2 aromatic heterocycles. The summed E-state index contributed by atoms with van der Waals surface area (Å²) in [5, 5.41) is 4.49. The first kappa shape index (κ1) is 26.9. The van der Waals surface area contributed by atoms with Crippen LogP contribution < -0.4 is 9.64 Å². The van der Waals surface area contributed by atoms with Crippen LogP contribution in [0.3, 0.4) is 0 Å². The molecular formula is C44H29NO3. The van der Waals surface area contributed by atoms with Crippen molar-refractivity contribution < 1.29 is 13.6 Å². The summed E-state index contributed by atoms with van der Waals surface area (Å²) < 4.78 is 19.2. The van der Waals surface area contributed by atoms with Crippen molar-refractivity contribution in [3.63, 3.8) is 0 Å². The van der Waals surface area contributed by atoms with Gasteiger partial charge in [-0.25, -0.2) is 0 Å². The van der Waals surface area contributed by atoms with Gasteiger partial charge in [0, 0.05) is 27.2 Å². The number of hydrogen-bond donors (Lipinski definition) is 0. The van der Waals surface area contributed by atoms with Gasteiger partial charge in [-0.15, -0.1) is 0 Å². The normalized spacial score (nSPS) is 12.5. The largest absolute Gasteiger partial charge is 0.456 e. The third-order valence-electron chi connectivity index (χ3n) is 9.64. The van der Waals surface area contributed by atoms with E-state index >= 15 is 0 Å². The number of ether oxygens (including phenoxy) is 1. The highest BCUT2D eigenvalue weighted by molar-refractivity contribution is 6.07. The first-order valence-electron chi connectivity index (χ1n) is 16.2. The Kier molecular flexibility index (Phi) is 5.67. The first-order chi connectivity index (χ1) is 23.6. The highest BCUT2D eigenvalue weighted by Crippen LogP contribution is 2.53. The highest BCUT2D eigenvalue weighted by atomic mass is 16.5. The molecule has 9 aromatic rings. The lowest BCUT2D eigenvalue weighted by Gasteiger charge is -2.34. The van der Waals surface area contributed by atoms with E-state index in [1.165, 1.54) is 11.1 Å². The summed E-state index contributed by atoms with van der Waals surface area (Å²) in [4.78, 5) is 2.32. The lowest BCUT2D eigenvalue weighted by Crippen LogP contribution is -2.17. The summed E-state index contributed by atoms with van der Waals surface area (Å²) in [5.74, 6) is 1.60. The van der Waals surface area contributed by atoms with Gasteiger partial charge in [-0.1, -0.05) is 78.4 Å². The molecule has 0 radical (unpaired) electrons. The summed E-state index contributed by atoms with van der Waals surface area (Å²) >= 11 is 0.